The summed E-state index contributed by atoms with van der Waals surface area (Å²) in [6.45, 7) is 5.38. The van der Waals surface area contributed by atoms with Crippen molar-refractivity contribution in [2.45, 2.75) is 57.9 Å². The fraction of sp³-hybridized carbons (Fsp3) is 0.560. The van der Waals surface area contributed by atoms with Gasteiger partial charge in [0.1, 0.15) is 5.69 Å². The number of hydrogen-bond donors (Lipinski definition) is 1. The maximum atomic E-state index is 12.6. The lowest BCUT2D eigenvalue weighted by Gasteiger charge is -2.38. The van der Waals surface area contributed by atoms with Gasteiger partial charge in [0.15, 0.2) is 5.82 Å². The fourth-order valence-electron chi connectivity index (χ4n) is 5.28. The Morgan fingerprint density at radius 1 is 1.06 bits per heavy atom. The molecule has 0 radical (unpaired) electrons. The van der Waals surface area contributed by atoms with E-state index in [-0.39, 0.29) is 5.92 Å². The lowest BCUT2D eigenvalue weighted by atomic mass is 9.84. The highest BCUT2D eigenvalue weighted by molar-refractivity contribution is 7.20. The summed E-state index contributed by atoms with van der Waals surface area (Å²) >= 11 is 1.65. The number of nitrogens with one attached hydrogen (secondary N) is 1. The molecule has 7 nitrogen and oxygen atoms in total. The molecule has 8 heteroatoms. The summed E-state index contributed by atoms with van der Waals surface area (Å²) in [5.41, 5.74) is 3.36. The SMILES string of the molecule is Cc1cccc(-c2nc3sc(N4CCN(C(=O)C5CCC5)CC4)nn3c2NC2CCCC2)c1. The van der Waals surface area contributed by atoms with E-state index in [0.29, 0.717) is 11.9 Å². The van der Waals surface area contributed by atoms with Gasteiger partial charge >= 0.3 is 0 Å². The summed E-state index contributed by atoms with van der Waals surface area (Å²) in [5, 5.41) is 9.80. The van der Waals surface area contributed by atoms with Gasteiger partial charge in [-0.25, -0.2) is 4.98 Å². The molecule has 0 spiro atoms. The molecular formula is C25H32N6OS. The number of carbonyl (C=O) groups excluding carboxylic acids is 1. The van der Waals surface area contributed by atoms with Gasteiger partial charge in [-0.3, -0.25) is 4.79 Å². The van der Waals surface area contributed by atoms with E-state index in [1.807, 2.05) is 4.52 Å². The number of rotatable bonds is 5. The second-order valence-corrected chi connectivity index (χ2v) is 10.8. The van der Waals surface area contributed by atoms with Crippen LogP contribution in [0.2, 0.25) is 0 Å². The van der Waals surface area contributed by atoms with Crippen molar-refractivity contribution in [3.8, 4) is 11.3 Å². The minimum absolute atomic E-state index is 0.281. The Balaban J connectivity index is 1.26. The van der Waals surface area contributed by atoms with Crippen LogP contribution in [0.1, 0.15) is 50.5 Å². The van der Waals surface area contributed by atoms with Crippen LogP contribution < -0.4 is 10.2 Å². The predicted molar refractivity (Wildman–Crippen MR) is 133 cm³/mol. The van der Waals surface area contributed by atoms with Crippen LogP contribution in [0, 0.1) is 12.8 Å². The third-order valence-electron chi connectivity index (χ3n) is 7.50. The molecule has 2 saturated carbocycles. The minimum Gasteiger partial charge on any atom is -0.365 e. The normalized spacial score (nSPS) is 19.9. The number of nitrogens with zero attached hydrogens (tertiary/aromatic N) is 5. The molecular weight excluding hydrogens is 432 g/mol. The first-order chi connectivity index (χ1) is 16.2. The number of anilines is 2. The highest BCUT2D eigenvalue weighted by Crippen LogP contribution is 2.36. The molecule has 3 aliphatic rings. The smallest absolute Gasteiger partial charge is 0.225 e. The van der Waals surface area contributed by atoms with Gasteiger partial charge in [0.2, 0.25) is 16.0 Å². The van der Waals surface area contributed by atoms with Crippen LogP contribution in [0.4, 0.5) is 10.9 Å². The highest BCUT2D eigenvalue weighted by Gasteiger charge is 2.32. The highest BCUT2D eigenvalue weighted by atomic mass is 32.1. The maximum absolute atomic E-state index is 12.6. The van der Waals surface area contributed by atoms with Gasteiger partial charge < -0.3 is 15.1 Å². The van der Waals surface area contributed by atoms with E-state index in [2.05, 4.69) is 46.3 Å². The molecule has 3 heterocycles. The van der Waals surface area contributed by atoms with Gasteiger partial charge in [-0.2, -0.15) is 4.52 Å². The Morgan fingerprint density at radius 2 is 1.85 bits per heavy atom. The molecule has 0 bridgehead atoms. The van der Waals surface area contributed by atoms with Crippen LogP contribution in [0.15, 0.2) is 24.3 Å². The van der Waals surface area contributed by atoms with Crippen molar-refractivity contribution in [3.05, 3.63) is 29.8 Å². The van der Waals surface area contributed by atoms with Crippen LogP contribution in [-0.4, -0.2) is 57.6 Å². The standard InChI is InChI=1S/C25H32N6OS/c1-17-6-4-9-19(16-17)21-22(26-20-10-2-3-11-20)31-24(27-21)33-25(28-31)30-14-12-29(13-15-30)23(32)18-7-5-8-18/h4,6,9,16,18,20,26H,2-3,5,7-8,10-15H2,1H3. The van der Waals surface area contributed by atoms with Gasteiger partial charge in [-0.15, -0.1) is 5.10 Å². The molecule has 0 atom stereocenters. The maximum Gasteiger partial charge on any atom is 0.225 e. The molecule has 3 fully saturated rings. The molecule has 2 aliphatic carbocycles. The van der Waals surface area contributed by atoms with Crippen molar-refractivity contribution < 1.29 is 4.79 Å². The summed E-state index contributed by atoms with van der Waals surface area (Å²) in [6.07, 6.45) is 8.32. The second-order valence-electron chi connectivity index (χ2n) is 9.82. The van der Waals surface area contributed by atoms with Crippen LogP contribution in [0.3, 0.4) is 0 Å². The van der Waals surface area contributed by atoms with Crippen molar-refractivity contribution >= 4 is 33.2 Å². The van der Waals surface area contributed by atoms with Crippen molar-refractivity contribution in [1.29, 1.82) is 0 Å². The number of benzene rings is 1. The number of amides is 1. The molecule has 0 unspecified atom stereocenters. The van der Waals surface area contributed by atoms with E-state index >= 15 is 0 Å². The molecule has 1 aromatic carbocycles. The third-order valence-corrected chi connectivity index (χ3v) is 8.47. The van der Waals surface area contributed by atoms with Crippen LogP contribution in [0.5, 0.6) is 0 Å². The van der Waals surface area contributed by atoms with Gasteiger partial charge in [0, 0.05) is 43.7 Å². The Kier molecular flexibility index (Phi) is 5.48. The quantitative estimate of drug-likeness (QED) is 0.599. The minimum atomic E-state index is 0.281. The average Bonchev–Trinajstić information content (AvgIpc) is 3.51. The number of imidazole rings is 1. The summed E-state index contributed by atoms with van der Waals surface area (Å²) in [5.74, 6) is 1.66. The Bertz CT molecular complexity index is 1150. The fourth-order valence-corrected chi connectivity index (χ4v) is 6.24. The first-order valence-corrected chi connectivity index (χ1v) is 13.2. The zero-order valence-corrected chi connectivity index (χ0v) is 20.1. The van der Waals surface area contributed by atoms with E-state index in [4.69, 9.17) is 10.1 Å². The molecule has 1 aliphatic heterocycles. The summed E-state index contributed by atoms with van der Waals surface area (Å²) < 4.78 is 2.02. The molecule has 1 saturated heterocycles. The van der Waals surface area contributed by atoms with Gasteiger partial charge in [-0.1, -0.05) is 54.4 Å². The number of fused-ring (bicyclic) bond motifs is 1. The summed E-state index contributed by atoms with van der Waals surface area (Å²) in [4.78, 5) is 22.9. The first kappa shape index (κ1) is 21.0. The predicted octanol–water partition coefficient (Wildman–Crippen LogP) is 4.57. The molecule has 2 aromatic heterocycles. The van der Waals surface area contributed by atoms with Crippen LogP contribution in [0.25, 0.3) is 16.2 Å². The molecule has 1 amide bonds. The molecule has 174 valence electrons. The Morgan fingerprint density at radius 3 is 2.55 bits per heavy atom. The zero-order chi connectivity index (χ0) is 22.4. The number of aromatic nitrogens is 3. The lowest BCUT2D eigenvalue weighted by molar-refractivity contribution is -0.138. The van der Waals surface area contributed by atoms with Crippen LogP contribution in [-0.2, 0) is 4.79 Å². The van der Waals surface area contributed by atoms with Crippen molar-refractivity contribution in [2.24, 2.45) is 5.92 Å². The van der Waals surface area contributed by atoms with Gasteiger partial charge in [0.05, 0.1) is 0 Å². The number of aryl methyl sites for hydroxylation is 1. The second kappa shape index (κ2) is 8.63. The lowest BCUT2D eigenvalue weighted by Crippen LogP contribution is -2.51. The van der Waals surface area contributed by atoms with E-state index in [0.717, 1.165) is 66.2 Å². The van der Waals surface area contributed by atoms with Crippen molar-refractivity contribution in [1.82, 2.24) is 19.5 Å². The van der Waals surface area contributed by atoms with Crippen molar-refractivity contribution in [2.75, 3.05) is 36.4 Å². The number of hydrogen-bond acceptors (Lipinski definition) is 6. The van der Waals surface area contributed by atoms with E-state index < -0.39 is 0 Å². The third kappa shape index (κ3) is 3.98. The van der Waals surface area contributed by atoms with E-state index in [9.17, 15) is 4.79 Å². The topological polar surface area (TPSA) is 65.8 Å². The van der Waals surface area contributed by atoms with E-state index in [1.165, 1.54) is 37.7 Å². The summed E-state index contributed by atoms with van der Waals surface area (Å²) in [6, 6.07) is 9.04. The van der Waals surface area contributed by atoms with Gasteiger partial charge in [0.25, 0.3) is 0 Å². The Hall–Kier alpha value is -2.61. The monoisotopic (exact) mass is 464 g/mol. The number of carbonyl (C=O) groups is 1. The summed E-state index contributed by atoms with van der Waals surface area (Å²) in [7, 11) is 0. The van der Waals surface area contributed by atoms with Gasteiger partial charge in [-0.05, 0) is 38.7 Å². The molecule has 6 rings (SSSR count). The zero-order valence-electron chi connectivity index (χ0n) is 19.3. The van der Waals surface area contributed by atoms with Crippen LogP contribution >= 0.6 is 11.3 Å². The molecule has 3 aromatic rings. The average molecular weight is 465 g/mol. The van der Waals surface area contributed by atoms with E-state index in [1.54, 1.807) is 11.3 Å². The largest absolute Gasteiger partial charge is 0.365 e. The van der Waals surface area contributed by atoms with Crippen molar-refractivity contribution in [3.63, 3.8) is 0 Å². The number of piperazine rings is 1. The Labute approximate surface area is 198 Å². The molecule has 33 heavy (non-hydrogen) atoms. The first-order valence-electron chi connectivity index (χ1n) is 12.4. The molecule has 1 N–H and O–H groups in total.